The van der Waals surface area contributed by atoms with Crippen LogP contribution in [-0.4, -0.2) is 17.8 Å². The minimum Gasteiger partial charge on any atom is -0.425 e. The number of esters is 1. The SMILES string of the molecule is Cc1ccc(N2C(=O)C[C@@H]([C@@]3(c4ccccc4)C(=O)Oc4ccccc43)C2=O)cc1. The maximum absolute atomic E-state index is 13.6. The van der Waals surface area contributed by atoms with Gasteiger partial charge in [0.05, 0.1) is 11.6 Å². The molecule has 2 amide bonds. The van der Waals surface area contributed by atoms with Crippen LogP contribution in [0.3, 0.4) is 0 Å². The third-order valence-electron chi connectivity index (χ3n) is 6.03. The molecule has 3 aromatic rings. The third-order valence-corrected chi connectivity index (χ3v) is 6.03. The second-order valence-electron chi connectivity index (χ2n) is 7.72. The number of hydrogen-bond acceptors (Lipinski definition) is 4. The number of hydrogen-bond donors (Lipinski definition) is 0. The highest BCUT2D eigenvalue weighted by Gasteiger charge is 2.62. The molecule has 2 atom stereocenters. The summed E-state index contributed by atoms with van der Waals surface area (Å²) in [6.45, 7) is 1.94. The molecule has 1 fully saturated rings. The van der Waals surface area contributed by atoms with E-state index >= 15 is 0 Å². The maximum atomic E-state index is 13.6. The average Bonchev–Trinajstić information content (AvgIpc) is 3.22. The Morgan fingerprint density at radius 3 is 2.27 bits per heavy atom. The Bertz CT molecular complexity index is 1170. The van der Waals surface area contributed by atoms with Crippen LogP contribution in [0.4, 0.5) is 5.69 Å². The van der Waals surface area contributed by atoms with Gasteiger partial charge in [-0.15, -0.1) is 0 Å². The largest absolute Gasteiger partial charge is 0.425 e. The van der Waals surface area contributed by atoms with Crippen molar-refractivity contribution in [1.29, 1.82) is 0 Å². The fraction of sp³-hybridized carbons (Fsp3) is 0.160. The van der Waals surface area contributed by atoms with E-state index in [4.69, 9.17) is 4.74 Å². The van der Waals surface area contributed by atoms with Gasteiger partial charge in [0.2, 0.25) is 11.8 Å². The van der Waals surface area contributed by atoms with Gasteiger partial charge in [0, 0.05) is 12.0 Å². The number of rotatable bonds is 3. The van der Waals surface area contributed by atoms with Crippen LogP contribution >= 0.6 is 0 Å². The lowest BCUT2D eigenvalue weighted by atomic mass is 9.66. The van der Waals surface area contributed by atoms with E-state index in [-0.39, 0.29) is 18.2 Å². The minimum atomic E-state index is -1.36. The zero-order valence-electron chi connectivity index (χ0n) is 16.4. The lowest BCUT2D eigenvalue weighted by molar-refractivity contribution is -0.141. The summed E-state index contributed by atoms with van der Waals surface area (Å²) in [5, 5.41) is 0. The molecular weight excluding hydrogens is 378 g/mol. The topological polar surface area (TPSA) is 63.7 Å². The van der Waals surface area contributed by atoms with E-state index in [1.807, 2.05) is 55.5 Å². The highest BCUT2D eigenvalue weighted by molar-refractivity contribution is 6.23. The molecule has 1 saturated heterocycles. The number of carbonyl (C=O) groups is 3. The first-order valence-corrected chi connectivity index (χ1v) is 9.84. The van der Waals surface area contributed by atoms with Crippen molar-refractivity contribution in [2.75, 3.05) is 4.90 Å². The van der Waals surface area contributed by atoms with Gasteiger partial charge in [-0.2, -0.15) is 0 Å². The molecule has 2 heterocycles. The van der Waals surface area contributed by atoms with Crippen LogP contribution < -0.4 is 9.64 Å². The van der Waals surface area contributed by atoms with Crippen molar-refractivity contribution in [2.24, 2.45) is 5.92 Å². The summed E-state index contributed by atoms with van der Waals surface area (Å²) < 4.78 is 5.61. The van der Waals surface area contributed by atoms with Gasteiger partial charge in [-0.1, -0.05) is 66.2 Å². The molecule has 5 nitrogen and oxygen atoms in total. The summed E-state index contributed by atoms with van der Waals surface area (Å²) in [6, 6.07) is 23.5. The Morgan fingerprint density at radius 2 is 1.53 bits per heavy atom. The van der Waals surface area contributed by atoms with E-state index < -0.39 is 17.3 Å². The van der Waals surface area contributed by atoms with Gasteiger partial charge in [0.15, 0.2) is 0 Å². The zero-order chi connectivity index (χ0) is 20.9. The van der Waals surface area contributed by atoms with Gasteiger partial charge >= 0.3 is 5.97 Å². The maximum Gasteiger partial charge on any atom is 0.327 e. The predicted octanol–water partition coefficient (Wildman–Crippen LogP) is 3.78. The number of amides is 2. The van der Waals surface area contributed by atoms with Crippen molar-refractivity contribution < 1.29 is 19.1 Å². The Balaban J connectivity index is 1.69. The van der Waals surface area contributed by atoms with Crippen molar-refractivity contribution in [2.45, 2.75) is 18.8 Å². The molecule has 0 spiro atoms. The smallest absolute Gasteiger partial charge is 0.327 e. The molecule has 5 heteroatoms. The molecule has 0 bridgehead atoms. The first-order chi connectivity index (χ1) is 14.5. The van der Waals surface area contributed by atoms with Crippen LogP contribution in [0.25, 0.3) is 0 Å². The van der Waals surface area contributed by atoms with Crippen LogP contribution in [0, 0.1) is 12.8 Å². The summed E-state index contributed by atoms with van der Waals surface area (Å²) in [5.74, 6) is -1.68. The number of ether oxygens (including phenoxy) is 1. The number of aryl methyl sites for hydroxylation is 1. The molecule has 0 saturated carbocycles. The van der Waals surface area contributed by atoms with Crippen molar-refractivity contribution in [3.05, 3.63) is 95.6 Å². The monoisotopic (exact) mass is 397 g/mol. The van der Waals surface area contributed by atoms with Crippen molar-refractivity contribution in [3.63, 3.8) is 0 Å². The van der Waals surface area contributed by atoms with Crippen LogP contribution in [0.15, 0.2) is 78.9 Å². The zero-order valence-corrected chi connectivity index (χ0v) is 16.4. The lowest BCUT2D eigenvalue weighted by Gasteiger charge is -2.31. The number of benzene rings is 3. The molecule has 0 N–H and O–H groups in total. The van der Waals surface area contributed by atoms with E-state index in [0.717, 1.165) is 5.56 Å². The van der Waals surface area contributed by atoms with Gasteiger partial charge in [-0.25, -0.2) is 0 Å². The molecule has 3 aromatic carbocycles. The van der Waals surface area contributed by atoms with E-state index in [9.17, 15) is 14.4 Å². The number of para-hydroxylation sites is 1. The number of imide groups is 1. The van der Waals surface area contributed by atoms with Gasteiger partial charge in [-0.3, -0.25) is 19.3 Å². The Labute approximate surface area is 173 Å². The molecule has 2 aliphatic rings. The molecule has 0 unspecified atom stereocenters. The second kappa shape index (κ2) is 6.66. The molecular formula is C25H19NO4. The molecule has 0 radical (unpaired) electrons. The van der Waals surface area contributed by atoms with Crippen LogP contribution in [0.1, 0.15) is 23.1 Å². The molecule has 30 heavy (non-hydrogen) atoms. The predicted molar refractivity (Wildman–Crippen MR) is 111 cm³/mol. The molecule has 5 rings (SSSR count). The van der Waals surface area contributed by atoms with Gasteiger partial charge in [-0.05, 0) is 30.7 Å². The molecule has 0 aromatic heterocycles. The summed E-state index contributed by atoms with van der Waals surface area (Å²) in [7, 11) is 0. The van der Waals surface area contributed by atoms with Crippen LogP contribution in [-0.2, 0) is 19.8 Å². The quantitative estimate of drug-likeness (QED) is 0.383. The summed E-state index contributed by atoms with van der Waals surface area (Å²) >= 11 is 0. The first-order valence-electron chi connectivity index (χ1n) is 9.84. The molecule has 2 aliphatic heterocycles. The van der Waals surface area contributed by atoms with E-state index in [1.165, 1.54) is 4.90 Å². The van der Waals surface area contributed by atoms with Gasteiger partial charge < -0.3 is 4.74 Å². The van der Waals surface area contributed by atoms with Gasteiger partial charge in [0.25, 0.3) is 0 Å². The van der Waals surface area contributed by atoms with Crippen molar-refractivity contribution in [1.82, 2.24) is 0 Å². The number of nitrogens with zero attached hydrogens (tertiary/aromatic N) is 1. The first kappa shape index (κ1) is 18.3. The molecule has 148 valence electrons. The third kappa shape index (κ3) is 2.45. The normalized spacial score (nSPS) is 22.9. The van der Waals surface area contributed by atoms with Gasteiger partial charge in [0.1, 0.15) is 11.2 Å². The minimum absolute atomic E-state index is 0.0644. The summed E-state index contributed by atoms with van der Waals surface area (Å²) in [5.41, 5.74) is 1.46. The fourth-order valence-electron chi connectivity index (χ4n) is 4.61. The second-order valence-corrected chi connectivity index (χ2v) is 7.72. The van der Waals surface area contributed by atoms with E-state index in [2.05, 4.69) is 0 Å². The summed E-state index contributed by atoms with van der Waals surface area (Å²) in [6.07, 6.45) is -0.0644. The molecule has 0 aliphatic carbocycles. The number of fused-ring (bicyclic) bond motifs is 1. The van der Waals surface area contributed by atoms with Crippen LogP contribution in [0.2, 0.25) is 0 Å². The number of carbonyl (C=O) groups excluding carboxylic acids is 3. The van der Waals surface area contributed by atoms with Crippen molar-refractivity contribution in [3.8, 4) is 5.75 Å². The Kier molecular flexibility index (Phi) is 4.07. The standard InChI is InChI=1S/C25H19NO4/c1-16-11-13-18(14-12-16)26-22(27)15-20(23(26)28)25(17-7-3-2-4-8-17)19-9-5-6-10-21(19)30-24(25)29/h2-14,20H,15H2,1H3/t20-,25+/m1/s1. The fourth-order valence-corrected chi connectivity index (χ4v) is 4.61. The van der Waals surface area contributed by atoms with E-state index in [1.54, 1.807) is 30.3 Å². The lowest BCUT2D eigenvalue weighted by Crippen LogP contribution is -2.46. The van der Waals surface area contributed by atoms with E-state index in [0.29, 0.717) is 22.6 Å². The number of anilines is 1. The Hall–Kier alpha value is -3.73. The summed E-state index contributed by atoms with van der Waals surface area (Å²) in [4.78, 5) is 41.2. The highest BCUT2D eigenvalue weighted by Crippen LogP contribution is 2.52. The van der Waals surface area contributed by atoms with Crippen LogP contribution in [0.5, 0.6) is 5.75 Å². The van der Waals surface area contributed by atoms with Crippen molar-refractivity contribution >= 4 is 23.5 Å². The average molecular weight is 397 g/mol. The highest BCUT2D eigenvalue weighted by atomic mass is 16.5. The Morgan fingerprint density at radius 1 is 0.867 bits per heavy atom.